The lowest BCUT2D eigenvalue weighted by Crippen LogP contribution is -2.62. The number of hydrogen-bond donors (Lipinski definition) is 3. The van der Waals surface area contributed by atoms with Crippen LogP contribution >= 0.6 is 11.8 Å². The van der Waals surface area contributed by atoms with Gasteiger partial charge in [-0.25, -0.2) is 0 Å². The lowest BCUT2D eigenvalue weighted by atomic mass is 10.00. The van der Waals surface area contributed by atoms with Crippen LogP contribution in [-0.2, 0) is 30.4 Å². The number of nitrogens with one attached hydrogen (secondary N) is 3. The van der Waals surface area contributed by atoms with E-state index in [1.165, 1.54) is 0 Å². The maximum absolute atomic E-state index is 13.9. The van der Waals surface area contributed by atoms with Gasteiger partial charge in [0.05, 0.1) is 12.1 Å². The maximum atomic E-state index is 13.9. The standard InChI is InChI=1S/C30H43N5O5S/c1-6-41-29(40)30(4,5)33-27(38)24-23-17-35(23)28(39)21(15-18(2)3)32-25(36)20(16-19-11-8-7-9-12-19)31-26(37)22-13-10-14-34(22)24/h7-9,11-12,18,20-24H,6,10,13-17H2,1-5H3,(H,31,37)(H,32,36)(H,33,38)/t20-,21-,22-,23-,24+,35?/m0/s1. The van der Waals surface area contributed by atoms with Gasteiger partial charge in [0.15, 0.2) is 0 Å². The first kappa shape index (κ1) is 31.0. The molecule has 224 valence electrons. The second-order valence-corrected chi connectivity index (χ2v) is 13.4. The van der Waals surface area contributed by atoms with E-state index in [-0.39, 0.29) is 35.2 Å². The number of thioether (sulfide) groups is 1. The molecule has 0 saturated carbocycles. The van der Waals surface area contributed by atoms with Crippen molar-refractivity contribution in [1.82, 2.24) is 25.8 Å². The van der Waals surface area contributed by atoms with Crippen molar-refractivity contribution in [2.24, 2.45) is 5.92 Å². The SMILES string of the molecule is CCSC(=O)C(C)(C)NC(=O)[C@H]1[C@@H]2CN2C(=O)[C@H](CC(C)C)NC(=O)[C@H](Cc2ccccc2)NC(=O)[C@@H]2CCCN21. The second-order valence-electron chi connectivity index (χ2n) is 12.2. The lowest BCUT2D eigenvalue weighted by molar-refractivity contribution is -0.139. The van der Waals surface area contributed by atoms with Crippen LogP contribution in [0.15, 0.2) is 30.3 Å². The Labute approximate surface area is 246 Å². The summed E-state index contributed by atoms with van der Waals surface area (Å²) in [6, 6.07) is 5.90. The molecule has 0 spiro atoms. The molecule has 0 bridgehead atoms. The minimum absolute atomic E-state index is 0.127. The third-order valence-electron chi connectivity index (χ3n) is 7.98. The minimum atomic E-state index is -1.11. The van der Waals surface area contributed by atoms with E-state index in [0.717, 1.165) is 17.3 Å². The minimum Gasteiger partial charge on any atom is -0.343 e. The van der Waals surface area contributed by atoms with Crippen molar-refractivity contribution in [2.45, 2.75) is 96.1 Å². The zero-order chi connectivity index (χ0) is 29.9. The van der Waals surface area contributed by atoms with Gasteiger partial charge in [-0.3, -0.25) is 28.9 Å². The molecule has 4 amide bonds. The smallest absolute Gasteiger partial charge is 0.245 e. The van der Waals surface area contributed by atoms with Gasteiger partial charge in [0.2, 0.25) is 28.7 Å². The first-order valence-corrected chi connectivity index (χ1v) is 15.6. The molecule has 3 saturated heterocycles. The fourth-order valence-corrected chi connectivity index (χ4v) is 6.54. The fraction of sp³-hybridized carbons (Fsp3) is 0.633. The van der Waals surface area contributed by atoms with Gasteiger partial charge in [-0.2, -0.15) is 0 Å². The summed E-state index contributed by atoms with van der Waals surface area (Å²) in [5, 5.41) is 8.66. The molecule has 41 heavy (non-hydrogen) atoms. The van der Waals surface area contributed by atoms with Crippen molar-refractivity contribution < 1.29 is 24.0 Å². The Morgan fingerprint density at radius 2 is 1.76 bits per heavy atom. The molecule has 4 rings (SSSR count). The van der Waals surface area contributed by atoms with E-state index in [2.05, 4.69) is 16.0 Å². The molecule has 0 aliphatic carbocycles. The summed E-state index contributed by atoms with van der Waals surface area (Å²) in [4.78, 5) is 71.2. The Hall–Kier alpha value is -2.92. The van der Waals surface area contributed by atoms with Gasteiger partial charge < -0.3 is 20.9 Å². The Morgan fingerprint density at radius 1 is 1.07 bits per heavy atom. The summed E-state index contributed by atoms with van der Waals surface area (Å²) in [7, 11) is 0. The molecule has 0 aromatic heterocycles. The predicted molar refractivity (Wildman–Crippen MR) is 158 cm³/mol. The van der Waals surface area contributed by atoms with Crippen LogP contribution in [0.3, 0.4) is 0 Å². The highest BCUT2D eigenvalue weighted by atomic mass is 32.2. The van der Waals surface area contributed by atoms with E-state index in [1.54, 1.807) is 18.7 Å². The number of fused-ring (bicyclic) bond motifs is 2. The molecule has 11 heteroatoms. The van der Waals surface area contributed by atoms with Crippen molar-refractivity contribution in [2.75, 3.05) is 18.8 Å². The molecule has 3 heterocycles. The first-order chi connectivity index (χ1) is 19.4. The molecule has 3 fully saturated rings. The number of nitrogens with zero attached hydrogens (tertiary/aromatic N) is 2. The lowest BCUT2D eigenvalue weighted by Gasteiger charge is -2.35. The van der Waals surface area contributed by atoms with Crippen LogP contribution < -0.4 is 16.0 Å². The molecule has 3 N–H and O–H groups in total. The summed E-state index contributed by atoms with van der Waals surface area (Å²) in [5.41, 5.74) is -0.229. The van der Waals surface area contributed by atoms with E-state index in [1.807, 2.05) is 56.0 Å². The van der Waals surface area contributed by atoms with Crippen molar-refractivity contribution in [3.63, 3.8) is 0 Å². The number of amides is 4. The average Bonchev–Trinajstić information content (AvgIpc) is 3.53. The van der Waals surface area contributed by atoms with Gasteiger partial charge in [-0.15, -0.1) is 0 Å². The van der Waals surface area contributed by atoms with Crippen LogP contribution in [0.2, 0.25) is 0 Å². The highest BCUT2D eigenvalue weighted by Gasteiger charge is 2.55. The van der Waals surface area contributed by atoms with Crippen LogP contribution in [0, 0.1) is 5.92 Å². The quantitative estimate of drug-likeness (QED) is 0.395. The van der Waals surface area contributed by atoms with Crippen molar-refractivity contribution in [1.29, 1.82) is 0 Å². The Morgan fingerprint density at radius 3 is 2.41 bits per heavy atom. The zero-order valence-corrected chi connectivity index (χ0v) is 25.5. The summed E-state index contributed by atoms with van der Waals surface area (Å²) in [6.07, 6.45) is 1.93. The van der Waals surface area contributed by atoms with Crippen molar-refractivity contribution >= 4 is 40.5 Å². The summed E-state index contributed by atoms with van der Waals surface area (Å²) >= 11 is 1.15. The highest BCUT2D eigenvalue weighted by Crippen LogP contribution is 2.33. The van der Waals surface area contributed by atoms with Gasteiger partial charge in [-0.05, 0) is 56.9 Å². The van der Waals surface area contributed by atoms with E-state index in [4.69, 9.17) is 0 Å². The highest BCUT2D eigenvalue weighted by molar-refractivity contribution is 8.13. The van der Waals surface area contributed by atoms with Gasteiger partial charge in [0, 0.05) is 13.0 Å². The largest absolute Gasteiger partial charge is 0.343 e. The Bertz CT molecular complexity index is 1160. The number of carbonyl (C=O) groups is 5. The molecule has 3 aliphatic rings. The molecule has 3 aliphatic heterocycles. The van der Waals surface area contributed by atoms with Crippen LogP contribution in [0.25, 0.3) is 0 Å². The molecular formula is C30H43N5O5S. The number of hydrogen-bond acceptors (Lipinski definition) is 7. The normalized spacial score (nSPS) is 27.2. The second kappa shape index (κ2) is 12.9. The van der Waals surface area contributed by atoms with Crippen LogP contribution in [0.5, 0.6) is 0 Å². The van der Waals surface area contributed by atoms with E-state index < -0.39 is 41.7 Å². The first-order valence-electron chi connectivity index (χ1n) is 14.6. The third-order valence-corrected chi connectivity index (χ3v) is 9.04. The topological polar surface area (TPSA) is 128 Å². The molecule has 1 aromatic carbocycles. The summed E-state index contributed by atoms with van der Waals surface area (Å²) in [5.74, 6) is -0.591. The zero-order valence-electron chi connectivity index (χ0n) is 24.6. The molecule has 5 atom stereocenters. The third kappa shape index (κ3) is 7.30. The van der Waals surface area contributed by atoms with Gasteiger partial charge in [-0.1, -0.05) is 62.9 Å². The average molecular weight is 586 g/mol. The van der Waals surface area contributed by atoms with Gasteiger partial charge >= 0.3 is 0 Å². The maximum Gasteiger partial charge on any atom is 0.245 e. The van der Waals surface area contributed by atoms with Crippen molar-refractivity contribution in [3.05, 3.63) is 35.9 Å². The van der Waals surface area contributed by atoms with E-state index in [0.29, 0.717) is 38.1 Å². The molecule has 0 radical (unpaired) electrons. The summed E-state index contributed by atoms with van der Waals surface area (Å²) in [6.45, 7) is 10.0. The van der Waals surface area contributed by atoms with E-state index in [9.17, 15) is 24.0 Å². The van der Waals surface area contributed by atoms with Crippen LogP contribution in [-0.4, -0.2) is 93.1 Å². The van der Waals surface area contributed by atoms with Gasteiger partial charge in [0.1, 0.15) is 23.7 Å². The van der Waals surface area contributed by atoms with E-state index >= 15 is 0 Å². The van der Waals surface area contributed by atoms with Crippen LogP contribution in [0.1, 0.15) is 59.4 Å². The summed E-state index contributed by atoms with van der Waals surface area (Å²) < 4.78 is 0. The predicted octanol–water partition coefficient (Wildman–Crippen LogP) is 1.48. The fourth-order valence-electron chi connectivity index (χ4n) is 5.86. The molecular weight excluding hydrogens is 542 g/mol. The molecule has 10 nitrogen and oxygen atoms in total. The Kier molecular flexibility index (Phi) is 9.79. The molecule has 1 aromatic rings. The van der Waals surface area contributed by atoms with Crippen molar-refractivity contribution in [3.8, 4) is 0 Å². The van der Waals surface area contributed by atoms with Gasteiger partial charge in [0.25, 0.3) is 0 Å². The monoisotopic (exact) mass is 585 g/mol. The number of rotatable bonds is 8. The number of benzene rings is 1. The van der Waals surface area contributed by atoms with Crippen LogP contribution in [0.4, 0.5) is 0 Å². The Balaban J connectivity index is 1.67. The molecule has 0 unspecified atom stereocenters. The number of carbonyl (C=O) groups excluding carboxylic acids is 5.